The molecule has 0 bridgehead atoms. The summed E-state index contributed by atoms with van der Waals surface area (Å²) >= 11 is 6.22. The molecule has 2 rings (SSSR count). The lowest BCUT2D eigenvalue weighted by molar-refractivity contribution is -0.105. The largest absolute Gasteiger partial charge is 0.383 e. The molecule has 0 spiro atoms. The number of methoxy groups -OCH3 is 1. The van der Waals surface area contributed by atoms with Crippen LogP contribution >= 0.6 is 11.6 Å². The number of ether oxygens (including phenoxy) is 1. The molecule has 10 heteroatoms. The quantitative estimate of drug-likeness (QED) is 0.342. The van der Waals surface area contributed by atoms with Gasteiger partial charge in [-0.1, -0.05) is 17.7 Å². The van der Waals surface area contributed by atoms with E-state index in [2.05, 4.69) is 15.4 Å². The third-order valence-corrected chi connectivity index (χ3v) is 4.61. The monoisotopic (exact) mass is 417 g/mol. The number of rotatable bonds is 10. The Labute approximate surface area is 174 Å². The molecule has 0 aliphatic heterocycles. The van der Waals surface area contributed by atoms with Crippen LogP contribution in [0.25, 0.3) is 5.65 Å². The Morgan fingerprint density at radius 3 is 2.93 bits per heavy atom. The van der Waals surface area contributed by atoms with Gasteiger partial charge >= 0.3 is 0 Å². The van der Waals surface area contributed by atoms with Gasteiger partial charge in [0.1, 0.15) is 34.6 Å². The molecule has 0 atom stereocenters. The van der Waals surface area contributed by atoms with Crippen LogP contribution in [0.15, 0.2) is 23.9 Å². The summed E-state index contributed by atoms with van der Waals surface area (Å²) in [5, 5.41) is 17.1. The Bertz CT molecular complexity index is 975. The number of allylic oxidation sites excluding steroid dienone is 2. The summed E-state index contributed by atoms with van der Waals surface area (Å²) in [4.78, 5) is 17.6. The molecule has 0 amide bonds. The number of aromatic nitrogens is 3. The van der Waals surface area contributed by atoms with Gasteiger partial charge in [0.05, 0.1) is 12.3 Å². The molecule has 2 heterocycles. The fraction of sp³-hybridized carbons (Fsp3) is 0.368. The molecule has 0 saturated carbocycles. The SMILES string of the molecule is COCCN(C)/C=C\C=C(/C=O)CCNc1nc2c(Cl)c(C)nn2c(N)c1C#N. The number of aldehydes is 1. The highest BCUT2D eigenvalue weighted by Crippen LogP contribution is 2.27. The van der Waals surface area contributed by atoms with Crippen LogP contribution in [0.4, 0.5) is 11.6 Å². The van der Waals surface area contributed by atoms with Gasteiger partial charge in [-0.05, 0) is 31.2 Å². The number of aryl methyl sites for hydroxylation is 1. The summed E-state index contributed by atoms with van der Waals surface area (Å²) in [6.45, 7) is 3.50. The van der Waals surface area contributed by atoms with Crippen molar-refractivity contribution in [3.05, 3.63) is 40.2 Å². The molecular formula is C19H24ClN7O2. The number of halogens is 1. The fourth-order valence-electron chi connectivity index (χ4n) is 2.52. The van der Waals surface area contributed by atoms with Crippen LogP contribution in [-0.2, 0) is 9.53 Å². The lowest BCUT2D eigenvalue weighted by Gasteiger charge is -2.12. The molecule has 0 saturated heterocycles. The summed E-state index contributed by atoms with van der Waals surface area (Å²) in [5.41, 5.74) is 7.76. The van der Waals surface area contributed by atoms with E-state index in [4.69, 9.17) is 22.1 Å². The van der Waals surface area contributed by atoms with Crippen molar-refractivity contribution < 1.29 is 9.53 Å². The number of anilines is 2. The molecule has 154 valence electrons. The maximum absolute atomic E-state index is 11.3. The van der Waals surface area contributed by atoms with Crippen LogP contribution in [0.5, 0.6) is 0 Å². The Kier molecular flexibility index (Phi) is 8.00. The molecule has 0 unspecified atom stereocenters. The summed E-state index contributed by atoms with van der Waals surface area (Å²) < 4.78 is 6.36. The van der Waals surface area contributed by atoms with E-state index >= 15 is 0 Å². The number of nitriles is 1. The molecule has 0 aliphatic rings. The second kappa shape index (κ2) is 10.5. The van der Waals surface area contributed by atoms with E-state index < -0.39 is 0 Å². The van der Waals surface area contributed by atoms with Crippen LogP contribution in [0, 0.1) is 18.3 Å². The Hall–Kier alpha value is -3.09. The van der Waals surface area contributed by atoms with Gasteiger partial charge < -0.3 is 20.7 Å². The predicted molar refractivity (Wildman–Crippen MR) is 113 cm³/mol. The first-order valence-electron chi connectivity index (χ1n) is 8.92. The van der Waals surface area contributed by atoms with Gasteiger partial charge in [-0.3, -0.25) is 4.79 Å². The molecule has 0 fully saturated rings. The molecule has 2 aromatic heterocycles. The van der Waals surface area contributed by atoms with Gasteiger partial charge in [0.15, 0.2) is 5.65 Å². The lowest BCUT2D eigenvalue weighted by Crippen LogP contribution is -2.16. The topological polar surface area (TPSA) is 122 Å². The number of carbonyl (C=O) groups is 1. The zero-order valence-corrected chi connectivity index (χ0v) is 17.4. The standard InChI is InChI=1S/C19H24ClN7O2/c1-13-16(20)19-24-18(15(11-21)17(22)27(19)25-13)23-7-6-14(12-28)5-4-8-26(2)9-10-29-3/h4-5,8,12H,6-7,9-10,22H2,1-3H3,(H,23,24)/b8-4-,14-5-. The number of nitrogens with two attached hydrogens (primary N) is 1. The first kappa shape index (κ1) is 22.2. The number of carbonyl (C=O) groups excluding carboxylic acids is 1. The smallest absolute Gasteiger partial charge is 0.178 e. The van der Waals surface area contributed by atoms with Crippen LogP contribution in [-0.4, -0.2) is 59.6 Å². The minimum absolute atomic E-state index is 0.156. The Balaban J connectivity index is 2.09. The van der Waals surface area contributed by atoms with Crippen LogP contribution in [0.2, 0.25) is 5.02 Å². The molecule has 29 heavy (non-hydrogen) atoms. The van der Waals surface area contributed by atoms with Gasteiger partial charge in [0.2, 0.25) is 0 Å². The molecule has 9 nitrogen and oxygen atoms in total. The van der Waals surface area contributed by atoms with E-state index in [1.165, 1.54) is 4.52 Å². The molecule has 2 aromatic rings. The molecule has 0 aromatic carbocycles. The van der Waals surface area contributed by atoms with Crippen molar-refractivity contribution in [2.45, 2.75) is 13.3 Å². The molecule has 3 N–H and O–H groups in total. The number of hydrogen-bond acceptors (Lipinski definition) is 8. The average molecular weight is 418 g/mol. The van der Waals surface area contributed by atoms with Crippen LogP contribution in [0.3, 0.4) is 0 Å². The number of nitrogens with one attached hydrogen (secondary N) is 1. The van der Waals surface area contributed by atoms with Gasteiger partial charge in [-0.15, -0.1) is 0 Å². The van der Waals surface area contributed by atoms with E-state index in [-0.39, 0.29) is 11.4 Å². The number of hydrogen-bond donors (Lipinski definition) is 2. The first-order valence-corrected chi connectivity index (χ1v) is 9.30. The molecule has 0 radical (unpaired) electrons. The number of likely N-dealkylation sites (N-methyl/N-ethyl adjacent to an activating group) is 1. The predicted octanol–water partition coefficient (Wildman–Crippen LogP) is 2.16. The van der Waals surface area contributed by atoms with Crippen molar-refractivity contribution in [2.24, 2.45) is 0 Å². The van der Waals surface area contributed by atoms with E-state index in [9.17, 15) is 10.1 Å². The van der Waals surface area contributed by atoms with Crippen molar-refractivity contribution in [3.8, 4) is 6.07 Å². The van der Waals surface area contributed by atoms with Crippen molar-refractivity contribution in [3.63, 3.8) is 0 Å². The maximum atomic E-state index is 11.3. The summed E-state index contributed by atoms with van der Waals surface area (Å²) in [5.74, 6) is 0.461. The lowest BCUT2D eigenvalue weighted by atomic mass is 10.2. The average Bonchev–Trinajstić information content (AvgIpc) is 3.00. The minimum atomic E-state index is 0.156. The van der Waals surface area contributed by atoms with Gasteiger partial charge in [0, 0.05) is 27.2 Å². The van der Waals surface area contributed by atoms with Crippen molar-refractivity contribution in [2.75, 3.05) is 44.9 Å². The summed E-state index contributed by atoms with van der Waals surface area (Å²) in [6, 6.07) is 2.04. The zero-order chi connectivity index (χ0) is 21.4. The molecule has 0 aliphatic carbocycles. The third-order valence-electron chi connectivity index (χ3n) is 4.17. The number of fused-ring (bicyclic) bond motifs is 1. The first-order chi connectivity index (χ1) is 13.9. The minimum Gasteiger partial charge on any atom is -0.383 e. The third kappa shape index (κ3) is 5.47. The maximum Gasteiger partial charge on any atom is 0.178 e. The van der Waals surface area contributed by atoms with E-state index in [0.717, 1.165) is 12.8 Å². The van der Waals surface area contributed by atoms with Crippen molar-refractivity contribution in [1.82, 2.24) is 19.5 Å². The van der Waals surface area contributed by atoms with E-state index in [1.54, 1.807) is 26.2 Å². The second-order valence-electron chi connectivity index (χ2n) is 6.32. The van der Waals surface area contributed by atoms with Crippen molar-refractivity contribution >= 4 is 35.2 Å². The second-order valence-corrected chi connectivity index (χ2v) is 6.70. The summed E-state index contributed by atoms with van der Waals surface area (Å²) in [7, 11) is 3.57. The summed E-state index contributed by atoms with van der Waals surface area (Å²) in [6.07, 6.45) is 6.65. The van der Waals surface area contributed by atoms with Gasteiger partial charge in [-0.2, -0.15) is 14.9 Å². The van der Waals surface area contributed by atoms with Gasteiger partial charge in [-0.25, -0.2) is 4.98 Å². The highest BCUT2D eigenvalue weighted by Gasteiger charge is 2.17. The Morgan fingerprint density at radius 1 is 1.52 bits per heavy atom. The van der Waals surface area contributed by atoms with Gasteiger partial charge in [0.25, 0.3) is 0 Å². The Morgan fingerprint density at radius 2 is 2.28 bits per heavy atom. The van der Waals surface area contributed by atoms with E-state index in [0.29, 0.717) is 47.3 Å². The number of nitrogens with zero attached hydrogens (tertiary/aromatic N) is 5. The highest BCUT2D eigenvalue weighted by molar-refractivity contribution is 6.34. The zero-order valence-electron chi connectivity index (χ0n) is 16.6. The highest BCUT2D eigenvalue weighted by atomic mass is 35.5. The normalized spacial score (nSPS) is 11.8. The molecular weight excluding hydrogens is 394 g/mol. The number of nitrogen functional groups attached to an aromatic ring is 1. The fourth-order valence-corrected chi connectivity index (χ4v) is 2.68. The van der Waals surface area contributed by atoms with E-state index in [1.807, 2.05) is 24.2 Å². The van der Waals surface area contributed by atoms with Crippen LogP contribution < -0.4 is 11.1 Å². The van der Waals surface area contributed by atoms with Crippen LogP contribution in [0.1, 0.15) is 17.7 Å². The van der Waals surface area contributed by atoms with Crippen molar-refractivity contribution in [1.29, 1.82) is 5.26 Å².